The van der Waals surface area contributed by atoms with Crippen LogP contribution in [0.15, 0.2) is 24.3 Å². The van der Waals surface area contributed by atoms with Crippen molar-refractivity contribution in [3.63, 3.8) is 0 Å². The van der Waals surface area contributed by atoms with Gasteiger partial charge >= 0.3 is 6.61 Å². The van der Waals surface area contributed by atoms with E-state index in [9.17, 15) is 17.2 Å². The molecule has 1 spiro atoms. The molecule has 1 aromatic carbocycles. The molecule has 2 N–H and O–H groups in total. The number of nitrogens with zero attached hydrogens (tertiary/aromatic N) is 1. The summed E-state index contributed by atoms with van der Waals surface area (Å²) < 4.78 is 58.9. The second-order valence-corrected chi connectivity index (χ2v) is 7.89. The highest BCUT2D eigenvalue weighted by atomic mass is 32.2. The molecular weight excluding hydrogens is 342 g/mol. The van der Waals surface area contributed by atoms with Crippen LogP contribution in [-0.2, 0) is 10.2 Å². The van der Waals surface area contributed by atoms with Gasteiger partial charge in [0.15, 0.2) is 11.5 Å². The Hall–Kier alpha value is -1.45. The van der Waals surface area contributed by atoms with Crippen molar-refractivity contribution in [1.29, 1.82) is 0 Å². The van der Waals surface area contributed by atoms with Crippen LogP contribution in [0.25, 0.3) is 0 Å². The third-order valence-corrected chi connectivity index (χ3v) is 6.03. The number of halogens is 2. The van der Waals surface area contributed by atoms with Gasteiger partial charge in [-0.15, -0.1) is 0 Å². The molecule has 0 bridgehead atoms. The van der Waals surface area contributed by atoms with Crippen molar-refractivity contribution in [2.75, 3.05) is 19.7 Å². The van der Waals surface area contributed by atoms with Crippen LogP contribution in [0.4, 0.5) is 8.78 Å². The topological polar surface area (TPSA) is 81.9 Å². The Bertz CT molecular complexity index is 690. The van der Waals surface area contributed by atoms with E-state index in [4.69, 9.17) is 9.88 Å². The number of rotatable bonds is 6. The molecule has 1 atom stereocenters. The summed E-state index contributed by atoms with van der Waals surface area (Å²) in [6, 6.07) is 6.33. The average molecular weight is 362 g/mol. The number of nitrogens with two attached hydrogens (primary N) is 1. The Morgan fingerprint density at radius 2 is 1.88 bits per heavy atom. The van der Waals surface area contributed by atoms with Gasteiger partial charge in [0, 0.05) is 13.1 Å². The Morgan fingerprint density at radius 1 is 1.25 bits per heavy atom. The largest absolute Gasteiger partial charge is 0.489 e. The Labute approximate surface area is 139 Å². The number of hydrogen-bond acceptors (Lipinski definition) is 4. The molecule has 24 heavy (non-hydrogen) atoms. The van der Waals surface area contributed by atoms with Crippen molar-refractivity contribution in [3.8, 4) is 11.5 Å². The summed E-state index contributed by atoms with van der Waals surface area (Å²) in [5.41, 5.74) is 0.0830. The lowest BCUT2D eigenvalue weighted by molar-refractivity contribution is -0.0515. The van der Waals surface area contributed by atoms with Gasteiger partial charge in [-0.25, -0.2) is 5.14 Å². The highest BCUT2D eigenvalue weighted by molar-refractivity contribution is 7.86. The number of benzene rings is 1. The quantitative estimate of drug-likeness (QED) is 0.839. The van der Waals surface area contributed by atoms with Gasteiger partial charge in [0.25, 0.3) is 10.2 Å². The third-order valence-electron chi connectivity index (χ3n) is 4.94. The maximum Gasteiger partial charge on any atom is 0.387 e. The molecular formula is C15H20F2N2O4S. The SMILES string of the molecule is NS(=O)(=O)N1CCC2(CC1)CC2COc1ccccc1OC(F)F. The smallest absolute Gasteiger partial charge is 0.387 e. The predicted octanol–water partition coefficient (Wildman–Crippen LogP) is 1.97. The van der Waals surface area contributed by atoms with Gasteiger partial charge < -0.3 is 9.47 Å². The van der Waals surface area contributed by atoms with E-state index < -0.39 is 16.8 Å². The molecule has 0 aromatic heterocycles. The van der Waals surface area contributed by atoms with Gasteiger partial charge in [-0.2, -0.15) is 21.5 Å². The molecule has 2 aliphatic rings. The number of ether oxygens (including phenoxy) is 2. The maximum absolute atomic E-state index is 12.4. The minimum absolute atomic E-state index is 0.0197. The molecule has 9 heteroatoms. The highest BCUT2D eigenvalue weighted by Gasteiger charge is 2.55. The average Bonchev–Trinajstić information content (AvgIpc) is 3.17. The summed E-state index contributed by atoms with van der Waals surface area (Å²) in [6.07, 6.45) is 2.43. The molecule has 1 aliphatic heterocycles. The normalized spacial score (nSPS) is 23.4. The van der Waals surface area contributed by atoms with Gasteiger partial charge in [-0.1, -0.05) is 12.1 Å². The second kappa shape index (κ2) is 6.45. The Morgan fingerprint density at radius 3 is 2.46 bits per heavy atom. The molecule has 1 saturated carbocycles. The summed E-state index contributed by atoms with van der Waals surface area (Å²) in [6.45, 7) is -1.66. The molecule has 0 radical (unpaired) electrons. The van der Waals surface area contributed by atoms with Crippen molar-refractivity contribution < 1.29 is 26.7 Å². The van der Waals surface area contributed by atoms with Crippen molar-refractivity contribution in [2.45, 2.75) is 25.9 Å². The molecule has 0 amide bonds. The standard InChI is InChI=1S/C15H20F2N2O4S/c16-14(17)23-13-4-2-1-3-12(13)22-10-11-9-15(11)5-7-19(8-6-15)24(18,20)21/h1-4,11,14H,5-10H2,(H2,18,20,21). The molecule has 134 valence electrons. The summed E-state index contributed by atoms with van der Waals surface area (Å²) in [4.78, 5) is 0. The summed E-state index contributed by atoms with van der Waals surface area (Å²) in [5.74, 6) is 0.604. The van der Waals surface area contributed by atoms with Crippen LogP contribution in [0.1, 0.15) is 19.3 Å². The predicted molar refractivity (Wildman–Crippen MR) is 83.0 cm³/mol. The first-order valence-corrected chi connectivity index (χ1v) is 9.25. The molecule has 1 aromatic rings. The molecule has 2 fully saturated rings. The number of alkyl halides is 2. The molecule has 1 aliphatic carbocycles. The highest BCUT2D eigenvalue weighted by Crippen LogP contribution is 2.59. The van der Waals surface area contributed by atoms with E-state index in [0.717, 1.165) is 19.3 Å². The van der Waals surface area contributed by atoms with E-state index in [-0.39, 0.29) is 11.2 Å². The van der Waals surface area contributed by atoms with Crippen molar-refractivity contribution in [3.05, 3.63) is 24.3 Å². The summed E-state index contributed by atoms with van der Waals surface area (Å²) in [5, 5.41) is 5.14. The lowest BCUT2D eigenvalue weighted by atomic mass is 9.92. The first kappa shape index (κ1) is 17.4. The van der Waals surface area contributed by atoms with Crippen LogP contribution < -0.4 is 14.6 Å². The fourth-order valence-electron chi connectivity index (χ4n) is 3.42. The fourth-order valence-corrected chi connectivity index (χ4v) is 4.11. The third kappa shape index (κ3) is 3.79. The van der Waals surface area contributed by atoms with E-state index in [1.165, 1.54) is 10.4 Å². The van der Waals surface area contributed by atoms with E-state index >= 15 is 0 Å². The number of para-hydroxylation sites is 2. The van der Waals surface area contributed by atoms with Crippen LogP contribution in [-0.4, -0.2) is 39.0 Å². The van der Waals surface area contributed by atoms with Gasteiger partial charge in [-0.05, 0) is 42.7 Å². The van der Waals surface area contributed by atoms with Crippen LogP contribution in [0.5, 0.6) is 11.5 Å². The summed E-state index contributed by atoms with van der Waals surface area (Å²) >= 11 is 0. The zero-order chi connectivity index (χ0) is 17.4. The molecule has 3 rings (SSSR count). The lowest BCUT2D eigenvalue weighted by Crippen LogP contribution is -2.43. The van der Waals surface area contributed by atoms with E-state index in [2.05, 4.69) is 4.74 Å². The van der Waals surface area contributed by atoms with E-state index in [1.54, 1.807) is 18.2 Å². The van der Waals surface area contributed by atoms with Gasteiger partial charge in [0.1, 0.15) is 0 Å². The zero-order valence-corrected chi connectivity index (χ0v) is 13.8. The van der Waals surface area contributed by atoms with E-state index in [1.807, 2.05) is 0 Å². The van der Waals surface area contributed by atoms with E-state index in [0.29, 0.717) is 31.4 Å². The van der Waals surface area contributed by atoms with Gasteiger partial charge in [0.05, 0.1) is 6.61 Å². The Kier molecular flexibility index (Phi) is 4.67. The first-order valence-electron chi connectivity index (χ1n) is 7.75. The van der Waals surface area contributed by atoms with Crippen LogP contribution in [0.2, 0.25) is 0 Å². The molecule has 1 heterocycles. The first-order chi connectivity index (χ1) is 11.3. The van der Waals surface area contributed by atoms with Crippen molar-refractivity contribution >= 4 is 10.2 Å². The zero-order valence-electron chi connectivity index (χ0n) is 13.0. The molecule has 6 nitrogen and oxygen atoms in total. The van der Waals surface area contributed by atoms with Gasteiger partial charge in [-0.3, -0.25) is 0 Å². The van der Waals surface area contributed by atoms with Crippen molar-refractivity contribution in [1.82, 2.24) is 4.31 Å². The number of piperidine rings is 1. The number of hydrogen-bond donors (Lipinski definition) is 1. The minimum atomic E-state index is -3.62. The second-order valence-electron chi connectivity index (χ2n) is 6.34. The minimum Gasteiger partial charge on any atom is -0.489 e. The molecule has 1 saturated heterocycles. The van der Waals surface area contributed by atoms with Crippen LogP contribution in [0, 0.1) is 11.3 Å². The lowest BCUT2D eigenvalue weighted by Gasteiger charge is -2.30. The van der Waals surface area contributed by atoms with Crippen LogP contribution >= 0.6 is 0 Å². The summed E-state index contributed by atoms with van der Waals surface area (Å²) in [7, 11) is -3.62. The van der Waals surface area contributed by atoms with Crippen LogP contribution in [0.3, 0.4) is 0 Å². The fraction of sp³-hybridized carbons (Fsp3) is 0.600. The van der Waals surface area contributed by atoms with Gasteiger partial charge in [0.2, 0.25) is 0 Å². The van der Waals surface area contributed by atoms with Crippen molar-refractivity contribution in [2.24, 2.45) is 16.5 Å². The monoisotopic (exact) mass is 362 g/mol. The Balaban J connectivity index is 1.54. The maximum atomic E-state index is 12.4. The molecule has 1 unspecified atom stereocenters.